The van der Waals surface area contributed by atoms with Gasteiger partial charge in [-0.25, -0.2) is 0 Å². The molecule has 0 radical (unpaired) electrons. The minimum atomic E-state index is 0.166. The molecule has 1 aromatic carbocycles. The third-order valence-electron chi connectivity index (χ3n) is 2.88. The second-order valence-electron chi connectivity index (χ2n) is 4.19. The van der Waals surface area contributed by atoms with Crippen molar-refractivity contribution in [2.24, 2.45) is 0 Å². The lowest BCUT2D eigenvalue weighted by Gasteiger charge is -2.19. The van der Waals surface area contributed by atoms with Crippen molar-refractivity contribution in [1.29, 1.82) is 0 Å². The van der Waals surface area contributed by atoms with Crippen molar-refractivity contribution < 1.29 is 9.90 Å². The van der Waals surface area contributed by atoms with Gasteiger partial charge in [0.15, 0.2) is 5.78 Å². The van der Waals surface area contributed by atoms with Gasteiger partial charge < -0.3 is 10.0 Å². The van der Waals surface area contributed by atoms with Crippen LogP contribution in [0.2, 0.25) is 0 Å². The van der Waals surface area contributed by atoms with Gasteiger partial charge in [0.05, 0.1) is 0 Å². The predicted molar refractivity (Wildman–Crippen MR) is 76.9 cm³/mol. The Kier molecular flexibility index (Phi) is 7.16. The largest absolute Gasteiger partial charge is 0.396 e. The van der Waals surface area contributed by atoms with E-state index in [0.29, 0.717) is 6.42 Å². The fraction of sp³-hybridized carbons (Fsp3) is 0.500. The predicted octanol–water partition coefficient (Wildman–Crippen LogP) is 2.73. The molecule has 1 rings (SSSR count). The zero-order valence-electron chi connectivity index (χ0n) is 10.7. The molecule has 4 heteroatoms. The number of hydrogen-bond donors (Lipinski definition) is 1. The molecule has 0 aliphatic carbocycles. The third kappa shape index (κ3) is 5.29. The molecule has 0 aliphatic rings. The van der Waals surface area contributed by atoms with Crippen molar-refractivity contribution in [2.75, 3.05) is 26.2 Å². The standard InChI is InChI=1S/C14H20BrNO2/c1-2-16(8-4-10-17)9-7-14(18)12-5-3-6-13(15)11-12/h3,5-6,11,17H,2,4,7-10H2,1H3. The number of Topliss-reactive ketones (excluding diaryl/α,β-unsaturated/α-hetero) is 1. The molecule has 3 nitrogen and oxygen atoms in total. The first-order valence-electron chi connectivity index (χ1n) is 6.29. The molecule has 0 aromatic heterocycles. The molecule has 1 N–H and O–H groups in total. The second kappa shape index (κ2) is 8.40. The highest BCUT2D eigenvalue weighted by atomic mass is 79.9. The number of aliphatic hydroxyl groups is 1. The van der Waals surface area contributed by atoms with E-state index in [1.165, 1.54) is 0 Å². The van der Waals surface area contributed by atoms with Crippen LogP contribution in [-0.2, 0) is 0 Å². The molecule has 0 atom stereocenters. The number of benzene rings is 1. The maximum absolute atomic E-state index is 12.0. The summed E-state index contributed by atoms with van der Waals surface area (Å²) in [5.74, 6) is 0.166. The smallest absolute Gasteiger partial charge is 0.164 e. The Morgan fingerprint density at radius 1 is 1.39 bits per heavy atom. The highest BCUT2D eigenvalue weighted by molar-refractivity contribution is 9.10. The molecule has 0 fully saturated rings. The second-order valence-corrected chi connectivity index (χ2v) is 5.11. The fourth-order valence-electron chi connectivity index (χ4n) is 1.79. The highest BCUT2D eigenvalue weighted by Crippen LogP contribution is 2.13. The fourth-order valence-corrected chi connectivity index (χ4v) is 2.19. The van der Waals surface area contributed by atoms with Gasteiger partial charge in [0.2, 0.25) is 0 Å². The summed E-state index contributed by atoms with van der Waals surface area (Å²) in [6.45, 7) is 4.78. The summed E-state index contributed by atoms with van der Waals surface area (Å²) >= 11 is 3.37. The summed E-state index contributed by atoms with van der Waals surface area (Å²) in [6.07, 6.45) is 1.29. The first-order valence-corrected chi connectivity index (χ1v) is 7.08. The van der Waals surface area contributed by atoms with E-state index in [2.05, 4.69) is 27.8 Å². The Labute approximate surface area is 117 Å². The molecule has 0 saturated heterocycles. The topological polar surface area (TPSA) is 40.5 Å². The lowest BCUT2D eigenvalue weighted by Crippen LogP contribution is -2.27. The Bertz CT molecular complexity index is 382. The van der Waals surface area contributed by atoms with Crippen molar-refractivity contribution in [2.45, 2.75) is 19.8 Å². The summed E-state index contributed by atoms with van der Waals surface area (Å²) in [5.41, 5.74) is 0.752. The van der Waals surface area contributed by atoms with E-state index in [0.717, 1.165) is 36.1 Å². The van der Waals surface area contributed by atoms with Crippen LogP contribution in [0.15, 0.2) is 28.7 Å². The molecule has 0 saturated carbocycles. The van der Waals surface area contributed by atoms with Gasteiger partial charge in [-0.1, -0.05) is 35.0 Å². The van der Waals surface area contributed by atoms with Crippen LogP contribution in [0.3, 0.4) is 0 Å². The molecule has 0 unspecified atom stereocenters. The minimum absolute atomic E-state index is 0.166. The molecule has 0 heterocycles. The van der Waals surface area contributed by atoms with Crippen LogP contribution >= 0.6 is 15.9 Å². The number of halogens is 1. The normalized spacial score (nSPS) is 10.9. The summed E-state index contributed by atoms with van der Waals surface area (Å²) < 4.78 is 0.931. The van der Waals surface area contributed by atoms with E-state index in [9.17, 15) is 4.79 Å². The Hall–Kier alpha value is -0.710. The van der Waals surface area contributed by atoms with E-state index < -0.39 is 0 Å². The molecule has 0 bridgehead atoms. The summed E-state index contributed by atoms with van der Waals surface area (Å²) in [6, 6.07) is 7.49. The number of carbonyl (C=O) groups excluding carboxylic acids is 1. The number of hydrogen-bond acceptors (Lipinski definition) is 3. The number of ketones is 1. The summed E-state index contributed by atoms with van der Waals surface area (Å²) in [5, 5.41) is 8.80. The van der Waals surface area contributed by atoms with Crippen LogP contribution in [-0.4, -0.2) is 42.0 Å². The van der Waals surface area contributed by atoms with E-state index in [4.69, 9.17) is 5.11 Å². The van der Waals surface area contributed by atoms with Crippen LogP contribution in [0, 0.1) is 0 Å². The van der Waals surface area contributed by atoms with Gasteiger partial charge in [0.1, 0.15) is 0 Å². The van der Waals surface area contributed by atoms with Crippen molar-refractivity contribution in [3.63, 3.8) is 0 Å². The van der Waals surface area contributed by atoms with E-state index in [1.54, 1.807) is 0 Å². The quantitative estimate of drug-likeness (QED) is 0.750. The molecule has 100 valence electrons. The number of aliphatic hydroxyl groups excluding tert-OH is 1. The zero-order chi connectivity index (χ0) is 13.4. The maximum atomic E-state index is 12.0. The maximum Gasteiger partial charge on any atom is 0.164 e. The number of rotatable bonds is 8. The molecular formula is C14H20BrNO2. The van der Waals surface area contributed by atoms with Crippen LogP contribution < -0.4 is 0 Å². The van der Waals surface area contributed by atoms with E-state index >= 15 is 0 Å². The minimum Gasteiger partial charge on any atom is -0.396 e. The van der Waals surface area contributed by atoms with Gasteiger partial charge in [-0.05, 0) is 25.1 Å². The van der Waals surface area contributed by atoms with Crippen LogP contribution in [0.1, 0.15) is 30.1 Å². The molecule has 0 spiro atoms. The zero-order valence-corrected chi connectivity index (χ0v) is 12.3. The lowest BCUT2D eigenvalue weighted by molar-refractivity contribution is 0.0963. The van der Waals surface area contributed by atoms with Gasteiger partial charge in [-0.15, -0.1) is 0 Å². The average Bonchev–Trinajstić information content (AvgIpc) is 2.38. The third-order valence-corrected chi connectivity index (χ3v) is 3.37. The van der Waals surface area contributed by atoms with Gasteiger partial charge in [-0.2, -0.15) is 0 Å². The Morgan fingerprint density at radius 2 is 2.17 bits per heavy atom. The number of nitrogens with zero attached hydrogens (tertiary/aromatic N) is 1. The highest BCUT2D eigenvalue weighted by Gasteiger charge is 2.09. The molecule has 18 heavy (non-hydrogen) atoms. The summed E-state index contributed by atoms with van der Waals surface area (Å²) in [7, 11) is 0. The lowest BCUT2D eigenvalue weighted by atomic mass is 10.1. The van der Waals surface area contributed by atoms with Gasteiger partial charge in [0, 0.05) is 36.2 Å². The van der Waals surface area contributed by atoms with Crippen LogP contribution in [0.5, 0.6) is 0 Å². The SMILES string of the molecule is CCN(CCCO)CCC(=O)c1cccc(Br)c1. The van der Waals surface area contributed by atoms with Gasteiger partial charge >= 0.3 is 0 Å². The monoisotopic (exact) mass is 313 g/mol. The Morgan fingerprint density at radius 3 is 2.78 bits per heavy atom. The Balaban J connectivity index is 2.44. The molecule has 0 amide bonds. The van der Waals surface area contributed by atoms with E-state index in [1.807, 2.05) is 24.3 Å². The van der Waals surface area contributed by atoms with Gasteiger partial charge in [-0.3, -0.25) is 4.79 Å². The van der Waals surface area contributed by atoms with Crippen molar-refractivity contribution >= 4 is 21.7 Å². The van der Waals surface area contributed by atoms with Crippen molar-refractivity contribution in [3.8, 4) is 0 Å². The van der Waals surface area contributed by atoms with Gasteiger partial charge in [0.25, 0.3) is 0 Å². The first-order chi connectivity index (χ1) is 8.67. The van der Waals surface area contributed by atoms with Crippen LogP contribution in [0.4, 0.5) is 0 Å². The average molecular weight is 314 g/mol. The molecule has 0 aliphatic heterocycles. The van der Waals surface area contributed by atoms with Crippen molar-refractivity contribution in [1.82, 2.24) is 4.90 Å². The molecular weight excluding hydrogens is 294 g/mol. The summed E-state index contributed by atoms with van der Waals surface area (Å²) in [4.78, 5) is 14.2. The van der Waals surface area contributed by atoms with Crippen LogP contribution in [0.25, 0.3) is 0 Å². The van der Waals surface area contributed by atoms with Crippen molar-refractivity contribution in [3.05, 3.63) is 34.3 Å². The number of carbonyl (C=O) groups is 1. The first kappa shape index (κ1) is 15.3. The van der Waals surface area contributed by atoms with E-state index in [-0.39, 0.29) is 12.4 Å². The molecule has 1 aromatic rings.